The lowest BCUT2D eigenvalue weighted by molar-refractivity contribution is -0.136. The highest BCUT2D eigenvalue weighted by molar-refractivity contribution is 5.69. The molecule has 5 heteroatoms. The first-order valence-corrected chi connectivity index (χ1v) is 3.48. The quantitative estimate of drug-likeness (QED) is 0.657. The van der Waals surface area contributed by atoms with Gasteiger partial charge in [0.05, 0.1) is 12.8 Å². The lowest BCUT2D eigenvalue weighted by Gasteiger charge is -1.89. The highest BCUT2D eigenvalue weighted by Crippen LogP contribution is 2.04. The van der Waals surface area contributed by atoms with Crippen LogP contribution in [0.4, 0.5) is 0 Å². The number of carboxylic acid groups (broad SMARTS) is 1. The monoisotopic (exact) mass is 171 g/mol. The molecule has 0 fully saturated rings. The zero-order chi connectivity index (χ0) is 8.97. The molecule has 1 aromatic rings. The van der Waals surface area contributed by atoms with Gasteiger partial charge in [-0.2, -0.15) is 0 Å². The predicted molar refractivity (Wildman–Crippen MR) is 38.6 cm³/mol. The van der Waals surface area contributed by atoms with E-state index >= 15 is 0 Å². The molecular weight excluding hydrogens is 162 g/mol. The van der Waals surface area contributed by atoms with Crippen molar-refractivity contribution in [2.24, 2.45) is 0 Å². The second-order valence-corrected chi connectivity index (χ2v) is 2.26. The van der Waals surface area contributed by atoms with E-state index in [0.29, 0.717) is 18.1 Å². The summed E-state index contributed by atoms with van der Waals surface area (Å²) in [5.74, 6) is -0.276. The van der Waals surface area contributed by atoms with Crippen molar-refractivity contribution in [3.63, 3.8) is 0 Å². The van der Waals surface area contributed by atoms with Gasteiger partial charge in [0.1, 0.15) is 12.2 Å². The van der Waals surface area contributed by atoms with Gasteiger partial charge in [-0.15, -0.1) is 0 Å². The van der Waals surface area contributed by atoms with Crippen molar-refractivity contribution < 1.29 is 19.4 Å². The molecule has 0 aromatic carbocycles. The van der Waals surface area contributed by atoms with Crippen LogP contribution in [0.2, 0.25) is 0 Å². The lowest BCUT2D eigenvalue weighted by atomic mass is 10.4. The minimum Gasteiger partial charge on any atom is -0.481 e. The average molecular weight is 171 g/mol. The second-order valence-electron chi connectivity index (χ2n) is 2.26. The Hall–Kier alpha value is -1.36. The molecule has 12 heavy (non-hydrogen) atoms. The minimum atomic E-state index is -0.957. The fraction of sp³-hybridized carbons (Fsp3) is 0.429. The molecule has 1 aromatic heterocycles. The van der Waals surface area contributed by atoms with Crippen LogP contribution in [0.3, 0.4) is 0 Å². The molecule has 5 nitrogen and oxygen atoms in total. The van der Waals surface area contributed by atoms with Gasteiger partial charge in [0.25, 0.3) is 0 Å². The minimum absolute atomic E-state index is 0.0486. The van der Waals surface area contributed by atoms with Crippen molar-refractivity contribution in [3.8, 4) is 0 Å². The Morgan fingerprint density at radius 2 is 2.42 bits per heavy atom. The second kappa shape index (κ2) is 3.87. The number of carbonyl (C=O) groups is 1. The molecule has 1 rings (SSSR count). The van der Waals surface area contributed by atoms with Gasteiger partial charge in [0.15, 0.2) is 5.89 Å². The van der Waals surface area contributed by atoms with Gasteiger partial charge in [-0.3, -0.25) is 4.79 Å². The first-order valence-electron chi connectivity index (χ1n) is 3.48. The molecule has 0 aliphatic heterocycles. The topological polar surface area (TPSA) is 83.6 Å². The molecule has 0 spiro atoms. The standard InChI is InChI=1S/C7H9NO4/c9-2-1-6-8-4-5(12-6)3-7(10)11/h4,9H,1-3H2,(H,10,11). The van der Waals surface area contributed by atoms with Crippen LogP contribution >= 0.6 is 0 Å². The summed E-state index contributed by atoms with van der Waals surface area (Å²) in [6.45, 7) is -0.0486. The largest absolute Gasteiger partial charge is 0.481 e. The number of hydrogen-bond donors (Lipinski definition) is 2. The van der Waals surface area contributed by atoms with Crippen LogP contribution in [0.25, 0.3) is 0 Å². The summed E-state index contributed by atoms with van der Waals surface area (Å²) in [4.78, 5) is 14.0. The molecule has 0 bridgehead atoms. The fourth-order valence-corrected chi connectivity index (χ4v) is 0.790. The Bertz CT molecular complexity index is 268. The first-order chi connectivity index (χ1) is 5.72. The van der Waals surface area contributed by atoms with E-state index < -0.39 is 5.97 Å². The van der Waals surface area contributed by atoms with Crippen LogP contribution in [-0.2, 0) is 17.6 Å². The molecule has 2 N–H and O–H groups in total. The van der Waals surface area contributed by atoms with Crippen molar-refractivity contribution in [3.05, 3.63) is 17.8 Å². The molecule has 0 radical (unpaired) electrons. The van der Waals surface area contributed by atoms with Crippen LogP contribution in [-0.4, -0.2) is 27.8 Å². The Morgan fingerprint density at radius 1 is 1.67 bits per heavy atom. The normalized spacial score (nSPS) is 10.1. The van der Waals surface area contributed by atoms with Crippen LogP contribution in [0.5, 0.6) is 0 Å². The van der Waals surface area contributed by atoms with E-state index in [-0.39, 0.29) is 13.0 Å². The van der Waals surface area contributed by atoms with Gasteiger partial charge >= 0.3 is 5.97 Å². The van der Waals surface area contributed by atoms with Gasteiger partial charge < -0.3 is 14.6 Å². The molecule has 0 saturated carbocycles. The maximum absolute atomic E-state index is 10.2. The molecule has 66 valence electrons. The molecule has 1 heterocycles. The Balaban J connectivity index is 2.58. The number of aliphatic carboxylic acids is 1. The molecule has 0 aliphatic rings. The fourth-order valence-electron chi connectivity index (χ4n) is 0.790. The summed E-state index contributed by atoms with van der Waals surface area (Å²) in [6, 6.07) is 0. The van der Waals surface area contributed by atoms with Gasteiger partial charge in [-0.1, -0.05) is 0 Å². The number of aromatic nitrogens is 1. The van der Waals surface area contributed by atoms with Crippen molar-refractivity contribution in [2.45, 2.75) is 12.8 Å². The Morgan fingerprint density at radius 3 is 3.00 bits per heavy atom. The van der Waals surface area contributed by atoms with Crippen LogP contribution in [0.1, 0.15) is 11.7 Å². The van der Waals surface area contributed by atoms with E-state index in [2.05, 4.69) is 4.98 Å². The number of aliphatic hydroxyl groups excluding tert-OH is 1. The van der Waals surface area contributed by atoms with Crippen molar-refractivity contribution in [1.29, 1.82) is 0 Å². The maximum Gasteiger partial charge on any atom is 0.311 e. The van der Waals surface area contributed by atoms with Gasteiger partial charge in [-0.25, -0.2) is 4.98 Å². The number of rotatable bonds is 4. The maximum atomic E-state index is 10.2. The van der Waals surface area contributed by atoms with Crippen LogP contribution in [0.15, 0.2) is 10.6 Å². The summed E-state index contributed by atoms with van der Waals surface area (Å²) in [6.07, 6.45) is 1.51. The highest BCUT2D eigenvalue weighted by Gasteiger charge is 2.06. The van der Waals surface area contributed by atoms with Gasteiger partial charge in [0, 0.05) is 6.42 Å². The van der Waals surface area contributed by atoms with Gasteiger partial charge in [0.2, 0.25) is 0 Å². The molecule has 0 saturated heterocycles. The number of oxazole rings is 1. The Kier molecular flexibility index (Phi) is 2.82. The van der Waals surface area contributed by atoms with E-state index in [1.165, 1.54) is 6.20 Å². The van der Waals surface area contributed by atoms with Crippen molar-refractivity contribution in [1.82, 2.24) is 4.98 Å². The van der Waals surface area contributed by atoms with E-state index in [0.717, 1.165) is 0 Å². The number of aliphatic hydroxyl groups is 1. The van der Waals surface area contributed by atoms with E-state index in [1.54, 1.807) is 0 Å². The zero-order valence-corrected chi connectivity index (χ0v) is 6.36. The summed E-state index contributed by atoms with van der Waals surface area (Å²) in [5, 5.41) is 16.9. The smallest absolute Gasteiger partial charge is 0.311 e. The van der Waals surface area contributed by atoms with Gasteiger partial charge in [-0.05, 0) is 0 Å². The number of carboxylic acids is 1. The van der Waals surface area contributed by atoms with Crippen molar-refractivity contribution >= 4 is 5.97 Å². The summed E-state index contributed by atoms with van der Waals surface area (Å²) in [7, 11) is 0. The van der Waals surface area contributed by atoms with Crippen LogP contribution in [0, 0.1) is 0 Å². The molecular formula is C7H9NO4. The number of nitrogens with zero attached hydrogens (tertiary/aromatic N) is 1. The summed E-state index contributed by atoms with van der Waals surface area (Å²) < 4.78 is 4.98. The van der Waals surface area contributed by atoms with Crippen LogP contribution < -0.4 is 0 Å². The molecule has 0 amide bonds. The van der Waals surface area contributed by atoms with E-state index in [4.69, 9.17) is 14.6 Å². The van der Waals surface area contributed by atoms with E-state index in [9.17, 15) is 4.79 Å². The third kappa shape index (κ3) is 2.35. The lowest BCUT2D eigenvalue weighted by Crippen LogP contribution is -1.98. The zero-order valence-electron chi connectivity index (χ0n) is 6.36. The predicted octanol–water partition coefficient (Wildman–Crippen LogP) is -0.163. The summed E-state index contributed by atoms with van der Waals surface area (Å²) in [5.41, 5.74) is 0. The summed E-state index contributed by atoms with van der Waals surface area (Å²) >= 11 is 0. The number of hydrogen-bond acceptors (Lipinski definition) is 4. The molecule has 0 atom stereocenters. The first kappa shape index (κ1) is 8.73. The molecule has 0 aliphatic carbocycles. The van der Waals surface area contributed by atoms with Crippen molar-refractivity contribution in [2.75, 3.05) is 6.61 Å². The SMILES string of the molecule is O=C(O)Cc1cnc(CCO)o1. The van der Waals surface area contributed by atoms with E-state index in [1.807, 2.05) is 0 Å². The third-order valence-corrected chi connectivity index (χ3v) is 1.25. The highest BCUT2D eigenvalue weighted by atomic mass is 16.4. The Labute approximate surface area is 68.7 Å². The molecule has 0 unspecified atom stereocenters. The third-order valence-electron chi connectivity index (χ3n) is 1.25. The average Bonchev–Trinajstić information content (AvgIpc) is 2.36.